The zero-order valence-electron chi connectivity index (χ0n) is 16.8. The maximum atomic E-state index is 14.7. The number of aryl methyl sites for hydroxylation is 1. The van der Waals surface area contributed by atoms with Gasteiger partial charge in [0.25, 0.3) is 0 Å². The van der Waals surface area contributed by atoms with Crippen LogP contribution in [0, 0.1) is 12.7 Å². The summed E-state index contributed by atoms with van der Waals surface area (Å²) in [7, 11) is 0. The Kier molecular flexibility index (Phi) is 8.04. The lowest BCUT2D eigenvalue weighted by atomic mass is 10.0. The molecule has 0 amide bonds. The van der Waals surface area contributed by atoms with Crippen molar-refractivity contribution in [3.8, 4) is 11.3 Å². The molecule has 0 saturated heterocycles. The number of benzene rings is 1. The van der Waals surface area contributed by atoms with Crippen LogP contribution >= 0.6 is 11.6 Å². The molecule has 2 aromatic rings. The third kappa shape index (κ3) is 5.96. The monoisotopic (exact) mass is 410 g/mol. The number of hydrogen-bond acceptors (Lipinski definition) is 4. The molecule has 0 unspecified atom stereocenters. The lowest BCUT2D eigenvalue weighted by Crippen LogP contribution is -2.13. The van der Waals surface area contributed by atoms with Crippen LogP contribution in [0.4, 0.5) is 4.39 Å². The lowest BCUT2D eigenvalue weighted by Gasteiger charge is -2.12. The van der Waals surface area contributed by atoms with E-state index < -0.39 is 0 Å². The fourth-order valence-corrected chi connectivity index (χ4v) is 2.75. The molecular formula is C23H24ClFN4. The first-order chi connectivity index (χ1) is 13.9. The second kappa shape index (κ2) is 10.5. The molecule has 1 N–H and O–H groups in total. The van der Waals surface area contributed by atoms with Gasteiger partial charge in [0.2, 0.25) is 0 Å². The van der Waals surface area contributed by atoms with Crippen LogP contribution in [-0.4, -0.2) is 16.2 Å². The molecule has 0 aliphatic carbocycles. The zero-order chi connectivity index (χ0) is 21.4. The molecule has 1 aromatic heterocycles. The van der Waals surface area contributed by atoms with Gasteiger partial charge >= 0.3 is 0 Å². The van der Waals surface area contributed by atoms with Gasteiger partial charge < -0.3 is 5.32 Å². The SMILES string of the molecule is C=C/C(=C\N=C/C)NC(=C)Cc1ccc(-c2cnc(C)c(/C(Cl)=C\C)n2)cc1F. The van der Waals surface area contributed by atoms with E-state index in [1.807, 2.05) is 26.8 Å². The van der Waals surface area contributed by atoms with Crippen LogP contribution in [0.25, 0.3) is 16.3 Å². The number of hydrogen-bond donors (Lipinski definition) is 1. The molecule has 150 valence electrons. The quantitative estimate of drug-likeness (QED) is 0.431. The van der Waals surface area contributed by atoms with Crippen molar-refractivity contribution in [2.24, 2.45) is 4.99 Å². The smallest absolute Gasteiger partial charge is 0.127 e. The number of aromatic nitrogens is 2. The predicted molar refractivity (Wildman–Crippen MR) is 120 cm³/mol. The van der Waals surface area contributed by atoms with Gasteiger partial charge in [0, 0.05) is 30.1 Å². The Morgan fingerprint density at radius 3 is 2.72 bits per heavy atom. The fraction of sp³-hybridized carbons (Fsp3) is 0.174. The molecule has 29 heavy (non-hydrogen) atoms. The molecule has 1 heterocycles. The topological polar surface area (TPSA) is 50.2 Å². The Bertz CT molecular complexity index is 1010. The minimum Gasteiger partial charge on any atom is -0.358 e. The van der Waals surface area contributed by atoms with Gasteiger partial charge in [-0.25, -0.2) is 9.37 Å². The first-order valence-electron chi connectivity index (χ1n) is 9.09. The summed E-state index contributed by atoms with van der Waals surface area (Å²) in [5.74, 6) is -0.345. The number of allylic oxidation sites excluding steroid dienone is 3. The highest BCUT2D eigenvalue weighted by Crippen LogP contribution is 2.25. The van der Waals surface area contributed by atoms with E-state index in [1.165, 1.54) is 6.07 Å². The van der Waals surface area contributed by atoms with Gasteiger partial charge in [-0.1, -0.05) is 43.0 Å². The molecule has 0 fully saturated rings. The molecule has 4 nitrogen and oxygen atoms in total. The normalized spacial score (nSPS) is 12.3. The molecule has 2 rings (SSSR count). The highest BCUT2D eigenvalue weighted by molar-refractivity contribution is 6.48. The van der Waals surface area contributed by atoms with E-state index in [9.17, 15) is 4.39 Å². The zero-order valence-corrected chi connectivity index (χ0v) is 17.6. The van der Waals surface area contributed by atoms with Crippen LogP contribution in [0.3, 0.4) is 0 Å². The maximum Gasteiger partial charge on any atom is 0.127 e. The van der Waals surface area contributed by atoms with Crippen molar-refractivity contribution >= 4 is 22.8 Å². The maximum absolute atomic E-state index is 14.7. The van der Waals surface area contributed by atoms with Crippen LogP contribution in [0.1, 0.15) is 30.8 Å². The summed E-state index contributed by atoms with van der Waals surface area (Å²) in [6.07, 6.45) is 8.60. The van der Waals surface area contributed by atoms with Crippen molar-refractivity contribution in [2.75, 3.05) is 0 Å². The standard InChI is InChI=1S/C23H24ClFN4/c1-6-19(13-26-8-3)28-15(4)11-17-9-10-18(12-21(17)25)22-14-27-16(5)23(29-22)20(24)7-2/h6-10,12-14,28H,1,4,11H2,2-3,5H3/b19-13+,20-7+,26-8-. The molecule has 6 heteroatoms. The molecule has 0 bridgehead atoms. The Morgan fingerprint density at radius 2 is 2.10 bits per heavy atom. The van der Waals surface area contributed by atoms with Crippen LogP contribution < -0.4 is 5.32 Å². The summed E-state index contributed by atoms with van der Waals surface area (Å²) in [5.41, 5.74) is 4.33. The minimum atomic E-state index is -0.345. The molecule has 0 radical (unpaired) electrons. The Balaban J connectivity index is 2.23. The highest BCUT2D eigenvalue weighted by Gasteiger charge is 2.11. The predicted octanol–water partition coefficient (Wildman–Crippen LogP) is 5.95. The van der Waals surface area contributed by atoms with E-state index in [0.29, 0.717) is 45.4 Å². The van der Waals surface area contributed by atoms with Crippen LogP contribution in [-0.2, 0) is 6.42 Å². The largest absolute Gasteiger partial charge is 0.358 e. The molecule has 0 spiro atoms. The Morgan fingerprint density at radius 1 is 1.34 bits per heavy atom. The second-order valence-corrected chi connectivity index (χ2v) is 6.64. The molecular weight excluding hydrogens is 387 g/mol. The average Bonchev–Trinajstić information content (AvgIpc) is 2.72. The lowest BCUT2D eigenvalue weighted by molar-refractivity contribution is 0.612. The van der Waals surface area contributed by atoms with Gasteiger partial charge in [0.1, 0.15) is 11.5 Å². The minimum absolute atomic E-state index is 0.322. The first kappa shape index (κ1) is 22.2. The average molecular weight is 411 g/mol. The van der Waals surface area contributed by atoms with Crippen molar-refractivity contribution in [1.82, 2.24) is 15.3 Å². The number of aliphatic imine (C=N–C) groups is 1. The van der Waals surface area contributed by atoms with E-state index in [1.54, 1.807) is 36.8 Å². The van der Waals surface area contributed by atoms with Gasteiger partial charge in [-0.2, -0.15) is 0 Å². The van der Waals surface area contributed by atoms with E-state index in [4.69, 9.17) is 11.6 Å². The number of rotatable bonds is 8. The summed E-state index contributed by atoms with van der Waals surface area (Å²) in [4.78, 5) is 12.9. The third-order valence-electron chi connectivity index (χ3n) is 4.09. The van der Waals surface area contributed by atoms with E-state index in [-0.39, 0.29) is 5.82 Å². The highest BCUT2D eigenvalue weighted by atomic mass is 35.5. The van der Waals surface area contributed by atoms with E-state index >= 15 is 0 Å². The van der Waals surface area contributed by atoms with Gasteiger partial charge in [0.05, 0.1) is 28.3 Å². The summed E-state index contributed by atoms with van der Waals surface area (Å²) >= 11 is 6.20. The molecule has 0 atom stereocenters. The van der Waals surface area contributed by atoms with Crippen LogP contribution in [0.2, 0.25) is 0 Å². The van der Waals surface area contributed by atoms with E-state index in [0.717, 1.165) is 5.69 Å². The Hall–Kier alpha value is -3.05. The third-order valence-corrected chi connectivity index (χ3v) is 4.49. The Labute approximate surface area is 176 Å². The molecule has 0 saturated carbocycles. The van der Waals surface area contributed by atoms with Gasteiger partial charge in [-0.05, 0) is 38.5 Å². The fourth-order valence-electron chi connectivity index (χ4n) is 2.57. The second-order valence-electron chi connectivity index (χ2n) is 6.23. The summed E-state index contributed by atoms with van der Waals surface area (Å²) in [6, 6.07) is 4.97. The number of halogens is 2. The van der Waals surface area contributed by atoms with Crippen LogP contribution in [0.5, 0.6) is 0 Å². The van der Waals surface area contributed by atoms with Crippen molar-refractivity contribution in [1.29, 1.82) is 0 Å². The van der Waals surface area contributed by atoms with Gasteiger partial charge in [0.15, 0.2) is 0 Å². The van der Waals surface area contributed by atoms with Crippen molar-refractivity contribution < 1.29 is 4.39 Å². The first-order valence-corrected chi connectivity index (χ1v) is 9.47. The molecule has 0 aliphatic rings. The van der Waals surface area contributed by atoms with Crippen molar-refractivity contribution in [2.45, 2.75) is 27.2 Å². The summed E-state index contributed by atoms with van der Waals surface area (Å²) in [6.45, 7) is 13.2. The van der Waals surface area contributed by atoms with Gasteiger partial charge in [-0.3, -0.25) is 9.98 Å². The van der Waals surface area contributed by atoms with E-state index in [2.05, 4.69) is 33.4 Å². The van der Waals surface area contributed by atoms with Crippen molar-refractivity contribution in [3.05, 3.63) is 90.1 Å². The summed E-state index contributed by atoms with van der Waals surface area (Å²) in [5, 5.41) is 3.59. The summed E-state index contributed by atoms with van der Waals surface area (Å²) < 4.78 is 14.7. The van der Waals surface area contributed by atoms with Gasteiger partial charge in [-0.15, -0.1) is 0 Å². The molecule has 1 aromatic carbocycles. The molecule has 0 aliphatic heterocycles. The number of nitrogens with zero attached hydrogens (tertiary/aromatic N) is 3. The van der Waals surface area contributed by atoms with Crippen molar-refractivity contribution in [3.63, 3.8) is 0 Å². The number of nitrogens with one attached hydrogen (secondary N) is 1. The van der Waals surface area contributed by atoms with Crippen LogP contribution in [0.15, 0.2) is 72.3 Å².